The summed E-state index contributed by atoms with van der Waals surface area (Å²) >= 11 is 0. The number of halogens is 1. The molecule has 2 saturated carbocycles. The van der Waals surface area contributed by atoms with Gasteiger partial charge in [-0.05, 0) is 83.5 Å². The number of hydrogen-bond donors (Lipinski definition) is 3. The van der Waals surface area contributed by atoms with Gasteiger partial charge in [0.05, 0.1) is 18.0 Å². The summed E-state index contributed by atoms with van der Waals surface area (Å²) in [6.45, 7) is 3.58. The van der Waals surface area contributed by atoms with Crippen molar-refractivity contribution in [3.8, 4) is 0 Å². The third-order valence-corrected chi connectivity index (χ3v) is 9.03. The van der Waals surface area contributed by atoms with Crippen LogP contribution in [0.4, 0.5) is 22.0 Å². The summed E-state index contributed by atoms with van der Waals surface area (Å²) in [4.78, 5) is 32.0. The van der Waals surface area contributed by atoms with Gasteiger partial charge in [-0.1, -0.05) is 12.1 Å². The minimum Gasteiger partial charge on any atom is -0.393 e. The van der Waals surface area contributed by atoms with Crippen LogP contribution in [0, 0.1) is 11.7 Å². The molecule has 0 radical (unpaired) electrons. The molecule has 2 aromatic heterocycles. The molecule has 3 fully saturated rings. The second kappa shape index (κ2) is 12.3. The van der Waals surface area contributed by atoms with Crippen molar-refractivity contribution in [3.05, 3.63) is 36.3 Å². The average Bonchev–Trinajstić information content (AvgIpc) is 3.18. The third-order valence-electron chi connectivity index (χ3n) is 9.03. The maximum Gasteiger partial charge on any atom is 0.225 e. The lowest BCUT2D eigenvalue weighted by molar-refractivity contribution is -0.136. The van der Waals surface area contributed by atoms with Crippen LogP contribution in [0.2, 0.25) is 0 Å². The number of para-hydroxylation sites is 1. The molecule has 3 heterocycles. The van der Waals surface area contributed by atoms with E-state index < -0.39 is 0 Å². The van der Waals surface area contributed by atoms with E-state index in [1.54, 1.807) is 24.4 Å². The molecule has 0 spiro atoms. The highest BCUT2D eigenvalue weighted by molar-refractivity contribution is 5.79. The highest BCUT2D eigenvalue weighted by atomic mass is 19.1. The SMILES string of the molecule is CN1CCCN(C(=O)[C@H]2CC[C@@H](n3c(Nc4ccccc4F)nc4cnc(N[C@H]5CC[C@H](O)CC5)nc43)CC2)CC1. The van der Waals surface area contributed by atoms with Crippen LogP contribution in [0.25, 0.3) is 11.2 Å². The number of nitrogens with zero attached hydrogens (tertiary/aromatic N) is 6. The van der Waals surface area contributed by atoms with Gasteiger partial charge < -0.3 is 25.5 Å². The van der Waals surface area contributed by atoms with Crippen molar-refractivity contribution < 1.29 is 14.3 Å². The van der Waals surface area contributed by atoms with Gasteiger partial charge in [-0.15, -0.1) is 0 Å². The Morgan fingerprint density at radius 3 is 2.54 bits per heavy atom. The molecule has 1 saturated heterocycles. The Balaban J connectivity index is 1.24. The molecule has 6 rings (SSSR count). The van der Waals surface area contributed by atoms with Gasteiger partial charge in [0.15, 0.2) is 5.65 Å². The van der Waals surface area contributed by atoms with Crippen LogP contribution in [0.3, 0.4) is 0 Å². The summed E-state index contributed by atoms with van der Waals surface area (Å²) in [6.07, 6.45) is 9.01. The standard InChI is InChI=1S/C30H41FN8O2/c1-37-15-4-16-38(18-17-37)28(41)20-7-11-22(12-8-20)39-27-26(35-30(39)34-25-6-3-2-5-24(25)31)19-32-29(36-27)33-21-9-13-23(40)14-10-21/h2-3,5-6,19-23,40H,4,7-18H2,1H3,(H,34,35)(H,32,33,36)/t20-,21-,22+,23-. The van der Waals surface area contributed by atoms with E-state index in [0.29, 0.717) is 28.7 Å². The van der Waals surface area contributed by atoms with E-state index in [-0.39, 0.29) is 35.8 Å². The molecule has 3 aliphatic rings. The number of imidazole rings is 1. The first-order valence-corrected chi connectivity index (χ1v) is 15.1. The zero-order chi connectivity index (χ0) is 28.3. The number of rotatable bonds is 6. The monoisotopic (exact) mass is 564 g/mol. The molecule has 3 aromatic rings. The Bertz CT molecular complexity index is 1350. The molecule has 220 valence electrons. The fourth-order valence-corrected chi connectivity index (χ4v) is 6.59. The predicted octanol–water partition coefficient (Wildman–Crippen LogP) is 4.32. The first kappa shape index (κ1) is 27.8. The quantitative estimate of drug-likeness (QED) is 0.406. The Labute approximate surface area is 240 Å². The van der Waals surface area contributed by atoms with Gasteiger partial charge in [-0.3, -0.25) is 9.36 Å². The number of anilines is 3. The van der Waals surface area contributed by atoms with Crippen LogP contribution in [-0.4, -0.2) is 85.7 Å². The minimum atomic E-state index is -0.351. The molecule has 3 N–H and O–H groups in total. The highest BCUT2D eigenvalue weighted by Crippen LogP contribution is 2.38. The van der Waals surface area contributed by atoms with Crippen LogP contribution in [0.15, 0.2) is 30.5 Å². The summed E-state index contributed by atoms with van der Waals surface area (Å²) in [6, 6.07) is 6.86. The van der Waals surface area contributed by atoms with Crippen LogP contribution in [-0.2, 0) is 4.79 Å². The van der Waals surface area contributed by atoms with E-state index in [0.717, 1.165) is 84.0 Å². The summed E-state index contributed by atoms with van der Waals surface area (Å²) < 4.78 is 16.7. The molecule has 1 aliphatic heterocycles. The second-order valence-electron chi connectivity index (χ2n) is 12.0. The number of aliphatic hydroxyl groups is 1. The smallest absolute Gasteiger partial charge is 0.225 e. The van der Waals surface area contributed by atoms with Gasteiger partial charge >= 0.3 is 0 Å². The molecule has 10 nitrogen and oxygen atoms in total. The minimum absolute atomic E-state index is 0.0286. The number of carbonyl (C=O) groups excluding carboxylic acids is 1. The maximum atomic E-state index is 14.6. The van der Waals surface area contributed by atoms with Gasteiger partial charge in [0.2, 0.25) is 17.8 Å². The van der Waals surface area contributed by atoms with Crippen molar-refractivity contribution >= 4 is 34.7 Å². The van der Waals surface area contributed by atoms with Gasteiger partial charge in [0, 0.05) is 37.6 Å². The first-order chi connectivity index (χ1) is 19.9. The molecule has 1 aromatic carbocycles. The van der Waals surface area contributed by atoms with Crippen molar-refractivity contribution in [2.75, 3.05) is 43.9 Å². The number of hydrogen-bond acceptors (Lipinski definition) is 8. The van der Waals surface area contributed by atoms with Gasteiger partial charge in [0.25, 0.3) is 0 Å². The van der Waals surface area contributed by atoms with Gasteiger partial charge in [0.1, 0.15) is 11.3 Å². The zero-order valence-corrected chi connectivity index (χ0v) is 23.8. The number of aromatic nitrogens is 4. The maximum absolute atomic E-state index is 14.6. The number of fused-ring (bicyclic) bond motifs is 1. The van der Waals surface area contributed by atoms with Crippen molar-refractivity contribution in [1.82, 2.24) is 29.3 Å². The molecule has 41 heavy (non-hydrogen) atoms. The first-order valence-electron chi connectivity index (χ1n) is 15.1. The Kier molecular flexibility index (Phi) is 8.34. The van der Waals surface area contributed by atoms with E-state index in [1.165, 1.54) is 6.07 Å². The number of carbonyl (C=O) groups is 1. The molecule has 11 heteroatoms. The zero-order valence-electron chi connectivity index (χ0n) is 23.8. The van der Waals surface area contributed by atoms with Gasteiger partial charge in [-0.25, -0.2) is 14.4 Å². The fraction of sp³-hybridized carbons (Fsp3) is 0.600. The van der Waals surface area contributed by atoms with Crippen LogP contribution < -0.4 is 10.6 Å². The lowest BCUT2D eigenvalue weighted by Gasteiger charge is -2.33. The summed E-state index contributed by atoms with van der Waals surface area (Å²) in [5.41, 5.74) is 1.69. The molecule has 0 atom stereocenters. The number of nitrogens with one attached hydrogen (secondary N) is 2. The second-order valence-corrected chi connectivity index (χ2v) is 12.0. The van der Waals surface area contributed by atoms with Crippen molar-refractivity contribution in [2.45, 2.75) is 76.0 Å². The summed E-state index contributed by atoms with van der Waals surface area (Å²) in [7, 11) is 2.12. The molecule has 2 aliphatic carbocycles. The fourth-order valence-electron chi connectivity index (χ4n) is 6.59. The Morgan fingerprint density at radius 1 is 0.976 bits per heavy atom. The Morgan fingerprint density at radius 2 is 1.76 bits per heavy atom. The molecule has 1 amide bonds. The third kappa shape index (κ3) is 6.30. The number of likely N-dealkylation sites (N-methyl/N-ethyl adjacent to an activating group) is 1. The van der Waals surface area contributed by atoms with E-state index in [9.17, 15) is 14.3 Å². The summed E-state index contributed by atoms with van der Waals surface area (Å²) in [5, 5.41) is 16.5. The van der Waals surface area contributed by atoms with Crippen LogP contribution in [0.1, 0.15) is 63.8 Å². The van der Waals surface area contributed by atoms with Crippen molar-refractivity contribution in [1.29, 1.82) is 0 Å². The Hall–Kier alpha value is -3.31. The highest BCUT2D eigenvalue weighted by Gasteiger charge is 2.33. The molecular formula is C30H41FN8O2. The van der Waals surface area contributed by atoms with E-state index in [1.807, 2.05) is 0 Å². The lowest BCUT2D eigenvalue weighted by Crippen LogP contribution is -2.40. The molecular weight excluding hydrogens is 523 g/mol. The van der Waals surface area contributed by atoms with E-state index >= 15 is 0 Å². The normalized spacial score (nSPS) is 26.1. The van der Waals surface area contributed by atoms with Gasteiger partial charge in [-0.2, -0.15) is 4.98 Å². The topological polar surface area (TPSA) is 111 Å². The van der Waals surface area contributed by atoms with Crippen molar-refractivity contribution in [3.63, 3.8) is 0 Å². The molecule has 0 unspecified atom stereocenters. The number of aliphatic hydroxyl groups excluding tert-OH is 1. The average molecular weight is 565 g/mol. The largest absolute Gasteiger partial charge is 0.393 e. The van der Waals surface area contributed by atoms with Crippen LogP contribution in [0.5, 0.6) is 0 Å². The van der Waals surface area contributed by atoms with E-state index in [4.69, 9.17) is 9.97 Å². The van der Waals surface area contributed by atoms with E-state index in [2.05, 4.69) is 37.0 Å². The number of amides is 1. The summed E-state index contributed by atoms with van der Waals surface area (Å²) in [5.74, 6) is 1.03. The molecule has 0 bridgehead atoms. The lowest BCUT2D eigenvalue weighted by atomic mass is 9.85. The van der Waals surface area contributed by atoms with Crippen molar-refractivity contribution in [2.24, 2.45) is 5.92 Å². The number of benzene rings is 1. The van der Waals surface area contributed by atoms with Crippen LogP contribution >= 0.6 is 0 Å². The predicted molar refractivity (Wildman–Crippen MR) is 157 cm³/mol.